The lowest BCUT2D eigenvalue weighted by molar-refractivity contribution is 0.323. The predicted molar refractivity (Wildman–Crippen MR) is 84.9 cm³/mol. The maximum Gasteiger partial charge on any atom is 0.122 e. The highest BCUT2D eigenvalue weighted by Gasteiger charge is 2.24. The van der Waals surface area contributed by atoms with Gasteiger partial charge >= 0.3 is 0 Å². The van der Waals surface area contributed by atoms with Crippen LogP contribution in [0.5, 0.6) is 5.75 Å². The fourth-order valence-corrected chi connectivity index (χ4v) is 3.93. The Morgan fingerprint density at radius 2 is 2.15 bits per heavy atom. The van der Waals surface area contributed by atoms with E-state index in [2.05, 4.69) is 50.4 Å². The molecular weight excluding hydrogens is 266 g/mol. The van der Waals surface area contributed by atoms with Gasteiger partial charge in [0.05, 0.1) is 6.61 Å². The number of ether oxygens (including phenoxy) is 1. The van der Waals surface area contributed by atoms with Gasteiger partial charge in [0.25, 0.3) is 0 Å². The van der Waals surface area contributed by atoms with Crippen LogP contribution in [0.4, 0.5) is 0 Å². The monoisotopic (exact) mass is 287 g/mol. The second-order valence-corrected chi connectivity index (χ2v) is 7.00. The van der Waals surface area contributed by atoms with Crippen LogP contribution in [0.15, 0.2) is 30.3 Å². The summed E-state index contributed by atoms with van der Waals surface area (Å²) >= 11 is 1.88. The predicted octanol–water partition coefficient (Wildman–Crippen LogP) is 4.19. The van der Waals surface area contributed by atoms with Crippen molar-refractivity contribution in [3.63, 3.8) is 0 Å². The number of benzene rings is 1. The van der Waals surface area contributed by atoms with Gasteiger partial charge in [0.2, 0.25) is 0 Å². The summed E-state index contributed by atoms with van der Waals surface area (Å²) in [4.78, 5) is 2.81. The summed E-state index contributed by atoms with van der Waals surface area (Å²) in [5, 5.41) is 3.66. The minimum absolute atomic E-state index is 0.396. The lowest BCUT2D eigenvalue weighted by Crippen LogP contribution is -2.25. The van der Waals surface area contributed by atoms with E-state index < -0.39 is 0 Å². The number of hydrogen-bond acceptors (Lipinski definition) is 3. The van der Waals surface area contributed by atoms with Gasteiger partial charge in [-0.3, -0.25) is 0 Å². The maximum absolute atomic E-state index is 5.74. The first kappa shape index (κ1) is 13.7. The first-order valence-electron chi connectivity index (χ1n) is 7.17. The maximum atomic E-state index is 5.74. The van der Waals surface area contributed by atoms with Gasteiger partial charge in [0.1, 0.15) is 5.75 Å². The summed E-state index contributed by atoms with van der Waals surface area (Å²) < 4.78 is 5.74. The molecular formula is C17H21NOS. The van der Waals surface area contributed by atoms with Crippen LogP contribution in [0.3, 0.4) is 0 Å². The number of rotatable bonds is 4. The molecule has 1 aliphatic rings. The van der Waals surface area contributed by atoms with Crippen LogP contribution in [0.2, 0.25) is 0 Å². The molecule has 0 aliphatic carbocycles. The lowest BCUT2D eigenvalue weighted by Gasteiger charge is -2.17. The number of nitrogens with one attached hydrogen (secondary N) is 1. The van der Waals surface area contributed by atoms with Gasteiger partial charge in [0, 0.05) is 33.8 Å². The molecule has 1 N–H and O–H groups in total. The number of fused-ring (bicyclic) bond motifs is 1. The first-order chi connectivity index (χ1) is 9.65. The van der Waals surface area contributed by atoms with E-state index in [1.165, 1.54) is 20.9 Å². The molecule has 1 aliphatic heterocycles. The minimum Gasteiger partial charge on any atom is -0.493 e. The average molecular weight is 287 g/mol. The van der Waals surface area contributed by atoms with E-state index in [-0.39, 0.29) is 0 Å². The summed E-state index contributed by atoms with van der Waals surface area (Å²) in [5.41, 5.74) is 2.77. The highest BCUT2D eigenvalue weighted by molar-refractivity contribution is 7.12. The number of hydrogen-bond donors (Lipinski definition) is 1. The second kappa shape index (κ2) is 5.58. The van der Waals surface area contributed by atoms with Gasteiger partial charge in [-0.2, -0.15) is 0 Å². The van der Waals surface area contributed by atoms with Crippen molar-refractivity contribution >= 4 is 11.3 Å². The third-order valence-electron chi connectivity index (χ3n) is 4.02. The zero-order valence-electron chi connectivity index (χ0n) is 12.3. The molecule has 2 nitrogen and oxygen atoms in total. The second-order valence-electron chi connectivity index (χ2n) is 5.54. The van der Waals surface area contributed by atoms with Crippen LogP contribution >= 0.6 is 11.3 Å². The molecule has 0 amide bonds. The Balaban J connectivity index is 1.65. The SMILES string of the molecule is Cc1cc(C(C)NCC2COc3ccccc32)c(C)s1. The highest BCUT2D eigenvalue weighted by atomic mass is 32.1. The third kappa shape index (κ3) is 2.60. The normalized spacial score (nSPS) is 18.6. The molecule has 2 atom stereocenters. The molecule has 2 heterocycles. The van der Waals surface area contributed by atoms with Crippen LogP contribution in [0, 0.1) is 13.8 Å². The van der Waals surface area contributed by atoms with Crippen molar-refractivity contribution in [3.05, 3.63) is 51.2 Å². The number of para-hydroxylation sites is 1. The third-order valence-corrected chi connectivity index (χ3v) is 5.00. The first-order valence-corrected chi connectivity index (χ1v) is 7.99. The Morgan fingerprint density at radius 1 is 1.35 bits per heavy atom. The molecule has 3 heteroatoms. The van der Waals surface area contributed by atoms with Crippen molar-refractivity contribution in [1.29, 1.82) is 0 Å². The fourth-order valence-electron chi connectivity index (χ4n) is 2.91. The van der Waals surface area contributed by atoms with Crippen molar-refractivity contribution in [2.24, 2.45) is 0 Å². The summed E-state index contributed by atoms with van der Waals surface area (Å²) in [6, 6.07) is 11.1. The molecule has 2 aromatic rings. The summed E-state index contributed by atoms with van der Waals surface area (Å²) in [5.74, 6) is 1.52. The number of aryl methyl sites for hydroxylation is 2. The Bertz CT molecular complexity index is 605. The van der Waals surface area contributed by atoms with Gasteiger partial charge in [0.15, 0.2) is 0 Å². The van der Waals surface area contributed by atoms with E-state index in [0.717, 1.165) is 18.9 Å². The van der Waals surface area contributed by atoms with E-state index in [4.69, 9.17) is 4.74 Å². The molecule has 0 radical (unpaired) electrons. The highest BCUT2D eigenvalue weighted by Crippen LogP contribution is 2.33. The summed E-state index contributed by atoms with van der Waals surface area (Å²) in [6.07, 6.45) is 0. The Morgan fingerprint density at radius 3 is 2.90 bits per heavy atom. The number of thiophene rings is 1. The van der Waals surface area contributed by atoms with Crippen LogP contribution in [0.1, 0.15) is 39.8 Å². The summed E-state index contributed by atoms with van der Waals surface area (Å²) in [6.45, 7) is 8.39. The topological polar surface area (TPSA) is 21.3 Å². The molecule has 1 aromatic heterocycles. The van der Waals surface area contributed by atoms with E-state index in [1.54, 1.807) is 0 Å². The van der Waals surface area contributed by atoms with Crippen molar-refractivity contribution in [2.75, 3.05) is 13.2 Å². The fraction of sp³-hybridized carbons (Fsp3) is 0.412. The Labute approximate surface area is 124 Å². The summed E-state index contributed by atoms with van der Waals surface area (Å²) in [7, 11) is 0. The molecule has 2 unspecified atom stereocenters. The standard InChI is InChI=1S/C17H21NOS/c1-11-8-16(13(3)20-11)12(2)18-9-14-10-19-17-7-5-4-6-15(14)17/h4-8,12,14,18H,9-10H2,1-3H3. The van der Waals surface area contributed by atoms with Gasteiger partial charge in [-0.05, 0) is 38.5 Å². The average Bonchev–Trinajstić information content (AvgIpc) is 2.99. The molecule has 20 heavy (non-hydrogen) atoms. The zero-order valence-corrected chi connectivity index (χ0v) is 13.1. The van der Waals surface area contributed by atoms with Crippen molar-refractivity contribution in [3.8, 4) is 5.75 Å². The van der Waals surface area contributed by atoms with Crippen LogP contribution in [-0.2, 0) is 0 Å². The molecule has 3 rings (SSSR count). The molecule has 0 saturated carbocycles. The Kier molecular flexibility index (Phi) is 3.81. The largest absolute Gasteiger partial charge is 0.493 e. The molecule has 0 spiro atoms. The van der Waals surface area contributed by atoms with E-state index >= 15 is 0 Å². The van der Waals surface area contributed by atoms with Crippen LogP contribution < -0.4 is 10.1 Å². The zero-order chi connectivity index (χ0) is 14.1. The lowest BCUT2D eigenvalue weighted by atomic mass is 10.0. The quantitative estimate of drug-likeness (QED) is 0.910. The van der Waals surface area contributed by atoms with Crippen molar-refractivity contribution < 1.29 is 4.74 Å². The molecule has 0 bridgehead atoms. The molecule has 1 aromatic carbocycles. The smallest absolute Gasteiger partial charge is 0.122 e. The van der Waals surface area contributed by atoms with Crippen molar-refractivity contribution in [1.82, 2.24) is 5.32 Å². The van der Waals surface area contributed by atoms with Gasteiger partial charge in [-0.1, -0.05) is 18.2 Å². The van der Waals surface area contributed by atoms with E-state index in [9.17, 15) is 0 Å². The van der Waals surface area contributed by atoms with Gasteiger partial charge in [-0.25, -0.2) is 0 Å². The minimum atomic E-state index is 0.396. The van der Waals surface area contributed by atoms with Gasteiger partial charge in [-0.15, -0.1) is 11.3 Å². The molecule has 106 valence electrons. The molecule has 0 fully saturated rings. The Hall–Kier alpha value is -1.32. The van der Waals surface area contributed by atoms with Crippen molar-refractivity contribution in [2.45, 2.75) is 32.7 Å². The van der Waals surface area contributed by atoms with Crippen LogP contribution in [0.25, 0.3) is 0 Å². The molecule has 0 saturated heterocycles. The van der Waals surface area contributed by atoms with E-state index in [1.807, 2.05) is 17.4 Å². The van der Waals surface area contributed by atoms with E-state index in [0.29, 0.717) is 12.0 Å². The van der Waals surface area contributed by atoms with Crippen LogP contribution in [-0.4, -0.2) is 13.2 Å². The van der Waals surface area contributed by atoms with Gasteiger partial charge < -0.3 is 10.1 Å².